The molecular weight excluding hydrogens is 598 g/mol. The zero-order chi connectivity index (χ0) is 33.1. The molecule has 3 aromatic rings. The Bertz CT molecular complexity index is 1490. The molecule has 15 nitrogen and oxygen atoms in total. The summed E-state index contributed by atoms with van der Waals surface area (Å²) in [7, 11) is 0. The second-order valence-electron chi connectivity index (χ2n) is 9.79. The molecule has 0 saturated carbocycles. The molecule has 0 unspecified atom stereocenters. The Morgan fingerprint density at radius 2 is 1.48 bits per heavy atom. The number of ether oxygens (including phenoxy) is 2. The van der Waals surface area contributed by atoms with Gasteiger partial charge in [-0.3, -0.25) is 19.8 Å². The van der Waals surface area contributed by atoms with Crippen LogP contribution in [-0.2, 0) is 32.3 Å². The van der Waals surface area contributed by atoms with Gasteiger partial charge < -0.3 is 30.7 Å². The third-order valence-electron chi connectivity index (χ3n) is 6.25. The fraction of sp³-hybridized carbons (Fsp3) is 0.258. The lowest BCUT2D eigenvalue weighted by Crippen LogP contribution is -2.45. The lowest BCUT2D eigenvalue weighted by molar-refractivity contribution is -0.525. The largest absolute Gasteiger partial charge is 0.461 e. The van der Waals surface area contributed by atoms with Crippen LogP contribution in [0.2, 0.25) is 0 Å². The van der Waals surface area contributed by atoms with E-state index in [1.54, 1.807) is 41.8 Å². The number of carbonyl (C=O) groups is 4. The van der Waals surface area contributed by atoms with E-state index in [9.17, 15) is 29.3 Å². The Morgan fingerprint density at radius 3 is 2.13 bits per heavy atom. The number of nitrogens with one attached hydrogen (secondary N) is 6. The SMILES string of the molecule is N=C(NCCC[C@H](NC(=O)OCc1ccccc1)C(=O)Nc1cccc(C(=O)NCCC(=O)OCc2ccccc2)c1)N[N+](=O)[O-]. The molecular formula is C31H35N7O8. The van der Waals surface area contributed by atoms with Crippen LogP contribution in [0.15, 0.2) is 84.9 Å². The van der Waals surface area contributed by atoms with E-state index in [-0.39, 0.29) is 56.8 Å². The van der Waals surface area contributed by atoms with E-state index in [1.807, 2.05) is 36.4 Å². The van der Waals surface area contributed by atoms with E-state index in [2.05, 4.69) is 21.3 Å². The van der Waals surface area contributed by atoms with E-state index in [0.717, 1.165) is 11.1 Å². The van der Waals surface area contributed by atoms with Crippen LogP contribution in [0.4, 0.5) is 10.5 Å². The van der Waals surface area contributed by atoms with E-state index < -0.39 is 40.9 Å². The molecule has 46 heavy (non-hydrogen) atoms. The molecule has 0 aliphatic rings. The van der Waals surface area contributed by atoms with Crippen molar-refractivity contribution in [3.05, 3.63) is 112 Å². The molecule has 15 heteroatoms. The number of benzene rings is 3. The summed E-state index contributed by atoms with van der Waals surface area (Å²) in [5, 5.41) is 27.4. The number of hydrogen-bond acceptors (Lipinski definition) is 9. The Kier molecular flexibility index (Phi) is 14.0. The molecule has 1 atom stereocenters. The minimum Gasteiger partial charge on any atom is -0.461 e. The number of rotatable bonds is 16. The third-order valence-corrected chi connectivity index (χ3v) is 6.25. The highest BCUT2D eigenvalue weighted by molar-refractivity contribution is 5.99. The molecule has 0 aliphatic heterocycles. The maximum absolute atomic E-state index is 13.2. The number of alkyl carbamates (subject to hydrolysis) is 1. The lowest BCUT2D eigenvalue weighted by Gasteiger charge is -2.19. The molecule has 3 rings (SSSR count). The van der Waals surface area contributed by atoms with Crippen LogP contribution in [0.1, 0.15) is 40.7 Å². The van der Waals surface area contributed by atoms with E-state index in [0.29, 0.717) is 0 Å². The number of esters is 1. The van der Waals surface area contributed by atoms with Crippen molar-refractivity contribution in [1.82, 2.24) is 21.4 Å². The normalized spacial score (nSPS) is 10.9. The fourth-order valence-electron chi connectivity index (χ4n) is 3.98. The summed E-state index contributed by atoms with van der Waals surface area (Å²) in [5.41, 5.74) is 3.77. The third kappa shape index (κ3) is 13.1. The number of carbonyl (C=O) groups excluding carboxylic acids is 4. The van der Waals surface area contributed by atoms with Gasteiger partial charge in [0, 0.05) is 24.3 Å². The van der Waals surface area contributed by atoms with Gasteiger partial charge in [-0.1, -0.05) is 72.2 Å². The second kappa shape index (κ2) is 18.6. The molecule has 0 bridgehead atoms. The smallest absolute Gasteiger partial charge is 0.408 e. The summed E-state index contributed by atoms with van der Waals surface area (Å²) in [4.78, 5) is 60.9. The summed E-state index contributed by atoms with van der Waals surface area (Å²) in [6, 6.07) is 23.2. The van der Waals surface area contributed by atoms with Crippen molar-refractivity contribution in [3.63, 3.8) is 0 Å². The topological polar surface area (TPSA) is 214 Å². The average Bonchev–Trinajstić information content (AvgIpc) is 3.05. The Balaban J connectivity index is 1.52. The Hall–Kier alpha value is -5.99. The van der Waals surface area contributed by atoms with Crippen molar-refractivity contribution in [1.29, 1.82) is 5.41 Å². The quantitative estimate of drug-likeness (QED) is 0.0339. The molecule has 0 aromatic heterocycles. The zero-order valence-electron chi connectivity index (χ0n) is 24.8. The van der Waals surface area contributed by atoms with Crippen molar-refractivity contribution in [2.45, 2.75) is 38.5 Å². The molecule has 3 aromatic carbocycles. The van der Waals surface area contributed by atoms with Crippen molar-refractivity contribution in [3.8, 4) is 0 Å². The fourth-order valence-corrected chi connectivity index (χ4v) is 3.98. The Morgan fingerprint density at radius 1 is 0.826 bits per heavy atom. The van der Waals surface area contributed by atoms with Crippen LogP contribution >= 0.6 is 0 Å². The first-order valence-electron chi connectivity index (χ1n) is 14.3. The highest BCUT2D eigenvalue weighted by atomic mass is 16.7. The van der Waals surface area contributed by atoms with Crippen molar-refractivity contribution < 1.29 is 33.7 Å². The van der Waals surface area contributed by atoms with Crippen LogP contribution < -0.4 is 26.7 Å². The second-order valence-corrected chi connectivity index (χ2v) is 9.79. The van der Waals surface area contributed by atoms with E-state index in [4.69, 9.17) is 14.9 Å². The summed E-state index contributed by atoms with van der Waals surface area (Å²) in [6.07, 6.45) is -0.533. The van der Waals surface area contributed by atoms with Crippen LogP contribution in [-0.4, -0.2) is 54.0 Å². The van der Waals surface area contributed by atoms with E-state index >= 15 is 0 Å². The van der Waals surface area contributed by atoms with Crippen molar-refractivity contribution in [2.75, 3.05) is 18.4 Å². The van der Waals surface area contributed by atoms with Gasteiger partial charge in [0.15, 0.2) is 5.03 Å². The molecule has 242 valence electrons. The molecule has 0 radical (unpaired) electrons. The van der Waals surface area contributed by atoms with Gasteiger partial charge in [0.2, 0.25) is 5.91 Å². The maximum Gasteiger partial charge on any atom is 0.408 e. The Labute approximate surface area is 264 Å². The van der Waals surface area contributed by atoms with Crippen LogP contribution in [0.3, 0.4) is 0 Å². The summed E-state index contributed by atoms with van der Waals surface area (Å²) in [5.74, 6) is -2.07. The molecule has 0 spiro atoms. The number of nitro groups is 1. The number of hydrogen-bond donors (Lipinski definition) is 6. The standard InChI is InChI=1S/C31H35N7O8/c32-30(37-38(43)44)34-17-8-15-26(36-31(42)46-21-23-11-5-2-6-12-23)29(41)35-25-14-7-13-24(19-25)28(40)33-18-16-27(39)45-20-22-9-3-1-4-10-22/h1-7,9-14,19,26H,8,15-18,20-21H2,(H,33,40)(H,35,41)(H,36,42)(H3,32,34,37)/t26-/m0/s1. The highest BCUT2D eigenvalue weighted by Gasteiger charge is 2.22. The van der Waals surface area contributed by atoms with Crippen LogP contribution in [0.25, 0.3) is 0 Å². The molecule has 0 heterocycles. The summed E-state index contributed by atoms with van der Waals surface area (Å²) < 4.78 is 10.4. The number of anilines is 1. The molecule has 6 N–H and O–H groups in total. The van der Waals surface area contributed by atoms with Gasteiger partial charge in [-0.05, 0) is 42.2 Å². The number of nitrogens with zero attached hydrogens (tertiary/aromatic N) is 1. The van der Waals surface area contributed by atoms with Gasteiger partial charge in [-0.25, -0.2) is 14.9 Å². The van der Waals surface area contributed by atoms with Gasteiger partial charge in [0.25, 0.3) is 11.9 Å². The average molecular weight is 634 g/mol. The van der Waals surface area contributed by atoms with Gasteiger partial charge >= 0.3 is 12.1 Å². The predicted molar refractivity (Wildman–Crippen MR) is 167 cm³/mol. The lowest BCUT2D eigenvalue weighted by atomic mass is 10.1. The molecule has 0 saturated heterocycles. The molecule has 3 amide bonds. The van der Waals surface area contributed by atoms with Gasteiger partial charge in [-0.15, -0.1) is 0 Å². The first-order valence-corrected chi connectivity index (χ1v) is 14.3. The van der Waals surface area contributed by atoms with Crippen molar-refractivity contribution in [2.24, 2.45) is 0 Å². The predicted octanol–water partition coefficient (Wildman–Crippen LogP) is 2.87. The van der Waals surface area contributed by atoms with E-state index in [1.165, 1.54) is 12.1 Å². The zero-order valence-corrected chi connectivity index (χ0v) is 24.8. The van der Waals surface area contributed by atoms with Gasteiger partial charge in [0.05, 0.1) is 6.42 Å². The highest BCUT2D eigenvalue weighted by Crippen LogP contribution is 2.13. The van der Waals surface area contributed by atoms with Gasteiger partial charge in [-0.2, -0.15) is 0 Å². The van der Waals surface area contributed by atoms with Crippen LogP contribution in [0, 0.1) is 15.5 Å². The monoisotopic (exact) mass is 633 g/mol. The minimum absolute atomic E-state index is 0.0196. The molecule has 0 fully saturated rings. The summed E-state index contributed by atoms with van der Waals surface area (Å²) >= 11 is 0. The minimum atomic E-state index is -1.08. The number of guanidine groups is 1. The number of hydrazine groups is 1. The van der Waals surface area contributed by atoms with Gasteiger partial charge in [0.1, 0.15) is 19.3 Å². The molecule has 0 aliphatic carbocycles. The summed E-state index contributed by atoms with van der Waals surface area (Å²) in [6.45, 7) is 0.256. The first-order chi connectivity index (χ1) is 22.2. The first kappa shape index (κ1) is 34.5. The van der Waals surface area contributed by atoms with Crippen LogP contribution in [0.5, 0.6) is 0 Å². The van der Waals surface area contributed by atoms with Crippen molar-refractivity contribution >= 4 is 35.5 Å². The maximum atomic E-state index is 13.2. The number of amides is 3.